The molecule has 0 amide bonds. The molecule has 1 aromatic carbocycles. The van der Waals surface area contributed by atoms with E-state index in [9.17, 15) is 18.0 Å². The van der Waals surface area contributed by atoms with Crippen LogP contribution in [0.2, 0.25) is 5.02 Å². The van der Waals surface area contributed by atoms with E-state index in [1.807, 2.05) is 0 Å². The number of carboxylic acid groups (broad SMARTS) is 1. The monoisotopic (exact) mass is 321 g/mol. The molecule has 2 unspecified atom stereocenters. The van der Waals surface area contributed by atoms with Crippen LogP contribution >= 0.6 is 11.6 Å². The molecule has 0 saturated heterocycles. The highest BCUT2D eigenvalue weighted by Crippen LogP contribution is 2.38. The number of rotatable bonds is 3. The van der Waals surface area contributed by atoms with E-state index in [1.54, 1.807) is 6.07 Å². The molecule has 1 aromatic rings. The summed E-state index contributed by atoms with van der Waals surface area (Å²) in [6.45, 7) is 0. The number of halogens is 4. The highest BCUT2D eigenvalue weighted by atomic mass is 35.5. The second-order valence-corrected chi connectivity index (χ2v) is 5.65. The number of carbonyl (C=O) groups is 1. The first-order valence-corrected chi connectivity index (χ1v) is 7.01. The predicted octanol–water partition coefficient (Wildman–Crippen LogP) is 4.57. The van der Waals surface area contributed by atoms with Crippen LogP contribution in [0.5, 0.6) is 0 Å². The zero-order chi connectivity index (χ0) is 15.6. The van der Waals surface area contributed by atoms with Gasteiger partial charge in [-0.15, -0.1) is 0 Å². The summed E-state index contributed by atoms with van der Waals surface area (Å²) in [5, 5.41) is 12.1. The number of alkyl halides is 3. The maximum absolute atomic E-state index is 12.8. The highest BCUT2D eigenvalue weighted by Gasteiger charge is 2.42. The van der Waals surface area contributed by atoms with Crippen molar-refractivity contribution in [1.82, 2.24) is 0 Å². The zero-order valence-electron chi connectivity index (χ0n) is 11.1. The largest absolute Gasteiger partial charge is 0.478 e. The van der Waals surface area contributed by atoms with E-state index in [-0.39, 0.29) is 29.5 Å². The lowest BCUT2D eigenvalue weighted by atomic mass is 9.85. The fourth-order valence-corrected chi connectivity index (χ4v) is 2.83. The van der Waals surface area contributed by atoms with Crippen LogP contribution in [-0.2, 0) is 0 Å². The molecule has 0 aromatic heterocycles. The van der Waals surface area contributed by atoms with Gasteiger partial charge < -0.3 is 10.4 Å². The third-order valence-corrected chi connectivity index (χ3v) is 4.03. The number of aromatic carboxylic acids is 1. The van der Waals surface area contributed by atoms with Gasteiger partial charge in [0.1, 0.15) is 0 Å². The van der Waals surface area contributed by atoms with Crippen LogP contribution in [0.25, 0.3) is 0 Å². The Kier molecular flexibility index (Phi) is 4.66. The van der Waals surface area contributed by atoms with Crippen molar-refractivity contribution in [3.8, 4) is 0 Å². The van der Waals surface area contributed by atoms with Crippen LogP contribution in [0.1, 0.15) is 36.0 Å². The Bertz CT molecular complexity index is 533. The molecule has 7 heteroatoms. The van der Waals surface area contributed by atoms with Crippen molar-refractivity contribution in [3.63, 3.8) is 0 Å². The molecule has 0 aliphatic heterocycles. The second kappa shape index (κ2) is 6.13. The SMILES string of the molecule is O=C(O)c1cc(NC2CCCC(C(F)(F)F)C2)ccc1Cl. The molecule has 116 valence electrons. The standard InChI is InChI=1S/C14H15ClF3NO2/c15-12-5-4-10(7-11(12)13(20)21)19-9-3-1-2-8(6-9)14(16,17)18/h4-5,7-9,19H,1-3,6H2,(H,20,21). The van der Waals surface area contributed by atoms with Crippen LogP contribution in [0.4, 0.5) is 18.9 Å². The third-order valence-electron chi connectivity index (χ3n) is 3.70. The van der Waals surface area contributed by atoms with Gasteiger partial charge in [0.25, 0.3) is 0 Å². The summed E-state index contributed by atoms with van der Waals surface area (Å²) in [6.07, 6.45) is -2.87. The summed E-state index contributed by atoms with van der Waals surface area (Å²) in [6, 6.07) is 4.04. The van der Waals surface area contributed by atoms with Crippen molar-refractivity contribution in [3.05, 3.63) is 28.8 Å². The van der Waals surface area contributed by atoms with Crippen LogP contribution in [0.15, 0.2) is 18.2 Å². The van der Waals surface area contributed by atoms with Gasteiger partial charge in [-0.25, -0.2) is 4.79 Å². The Morgan fingerprint density at radius 2 is 2.05 bits per heavy atom. The molecule has 0 heterocycles. The Labute approximate surface area is 125 Å². The Morgan fingerprint density at radius 3 is 2.67 bits per heavy atom. The zero-order valence-corrected chi connectivity index (χ0v) is 11.8. The van der Waals surface area contributed by atoms with E-state index < -0.39 is 18.1 Å². The van der Waals surface area contributed by atoms with Gasteiger partial charge in [0.05, 0.1) is 16.5 Å². The number of hydrogen-bond donors (Lipinski definition) is 2. The van der Waals surface area contributed by atoms with E-state index in [2.05, 4.69) is 5.32 Å². The number of nitrogens with one attached hydrogen (secondary N) is 1. The van der Waals surface area contributed by atoms with Gasteiger partial charge >= 0.3 is 12.1 Å². The Balaban J connectivity index is 2.08. The maximum atomic E-state index is 12.8. The van der Waals surface area contributed by atoms with E-state index in [0.29, 0.717) is 18.5 Å². The fraction of sp³-hybridized carbons (Fsp3) is 0.500. The first kappa shape index (κ1) is 15.9. The minimum Gasteiger partial charge on any atom is -0.478 e. The van der Waals surface area contributed by atoms with Crippen molar-refractivity contribution in [2.24, 2.45) is 5.92 Å². The molecule has 21 heavy (non-hydrogen) atoms. The molecular weight excluding hydrogens is 307 g/mol. The lowest BCUT2D eigenvalue weighted by Gasteiger charge is -2.31. The van der Waals surface area contributed by atoms with Gasteiger partial charge in [0.15, 0.2) is 0 Å². The molecule has 1 fully saturated rings. The lowest BCUT2D eigenvalue weighted by Crippen LogP contribution is -2.34. The molecular formula is C14H15ClF3NO2. The van der Waals surface area contributed by atoms with Crippen molar-refractivity contribution in [2.45, 2.75) is 37.9 Å². The van der Waals surface area contributed by atoms with Crippen LogP contribution < -0.4 is 5.32 Å². The predicted molar refractivity (Wildman–Crippen MR) is 73.8 cm³/mol. The Hall–Kier alpha value is -1.43. The molecule has 1 aliphatic carbocycles. The lowest BCUT2D eigenvalue weighted by molar-refractivity contribution is -0.182. The first-order chi connectivity index (χ1) is 9.77. The van der Waals surface area contributed by atoms with Gasteiger partial charge in [0, 0.05) is 11.7 Å². The summed E-state index contributed by atoms with van der Waals surface area (Å²) < 4.78 is 38.3. The van der Waals surface area contributed by atoms with E-state index in [1.165, 1.54) is 12.1 Å². The summed E-state index contributed by atoms with van der Waals surface area (Å²) in [5.41, 5.74) is 0.412. The van der Waals surface area contributed by atoms with Gasteiger partial charge in [-0.2, -0.15) is 13.2 Å². The van der Waals surface area contributed by atoms with Gasteiger partial charge in [-0.3, -0.25) is 0 Å². The summed E-state index contributed by atoms with van der Waals surface area (Å²) in [5.74, 6) is -2.46. The maximum Gasteiger partial charge on any atom is 0.391 e. The molecule has 1 aliphatic rings. The number of benzene rings is 1. The van der Waals surface area contributed by atoms with Gasteiger partial charge in [-0.05, 0) is 37.5 Å². The number of carboxylic acids is 1. The molecule has 2 N–H and O–H groups in total. The van der Waals surface area contributed by atoms with Crippen molar-refractivity contribution >= 4 is 23.3 Å². The van der Waals surface area contributed by atoms with Gasteiger partial charge in [-0.1, -0.05) is 18.0 Å². The van der Waals surface area contributed by atoms with Crippen molar-refractivity contribution in [1.29, 1.82) is 0 Å². The van der Waals surface area contributed by atoms with Gasteiger partial charge in [0.2, 0.25) is 0 Å². The molecule has 2 rings (SSSR count). The molecule has 2 atom stereocenters. The van der Waals surface area contributed by atoms with Crippen molar-refractivity contribution < 1.29 is 23.1 Å². The molecule has 0 bridgehead atoms. The first-order valence-electron chi connectivity index (χ1n) is 6.63. The summed E-state index contributed by atoms with van der Waals surface area (Å²) in [7, 11) is 0. The fourth-order valence-electron chi connectivity index (χ4n) is 2.63. The summed E-state index contributed by atoms with van der Waals surface area (Å²) in [4.78, 5) is 11.0. The normalized spacial score (nSPS) is 22.9. The Morgan fingerprint density at radius 1 is 1.33 bits per heavy atom. The number of anilines is 1. The smallest absolute Gasteiger partial charge is 0.391 e. The van der Waals surface area contributed by atoms with E-state index in [4.69, 9.17) is 16.7 Å². The average Bonchev–Trinajstić information content (AvgIpc) is 2.40. The van der Waals surface area contributed by atoms with E-state index in [0.717, 1.165) is 0 Å². The van der Waals surface area contributed by atoms with Crippen LogP contribution in [0.3, 0.4) is 0 Å². The summed E-state index contributed by atoms with van der Waals surface area (Å²) >= 11 is 5.76. The molecule has 3 nitrogen and oxygen atoms in total. The number of hydrogen-bond acceptors (Lipinski definition) is 2. The minimum atomic E-state index is -4.17. The molecule has 0 spiro atoms. The van der Waals surface area contributed by atoms with E-state index >= 15 is 0 Å². The average molecular weight is 322 g/mol. The van der Waals surface area contributed by atoms with Crippen LogP contribution in [-0.4, -0.2) is 23.3 Å². The highest BCUT2D eigenvalue weighted by molar-refractivity contribution is 6.33. The van der Waals surface area contributed by atoms with Crippen LogP contribution in [0, 0.1) is 5.92 Å². The molecule has 0 radical (unpaired) electrons. The quantitative estimate of drug-likeness (QED) is 0.857. The topological polar surface area (TPSA) is 49.3 Å². The third kappa shape index (κ3) is 4.03. The second-order valence-electron chi connectivity index (χ2n) is 5.25. The molecule has 1 saturated carbocycles. The minimum absolute atomic E-state index is 0.00846. The van der Waals surface area contributed by atoms with Crippen molar-refractivity contribution in [2.75, 3.05) is 5.32 Å².